The molecule has 1 aliphatic rings. The maximum absolute atomic E-state index is 11.0. The van der Waals surface area contributed by atoms with Gasteiger partial charge in [0.1, 0.15) is 0 Å². The van der Waals surface area contributed by atoms with Crippen molar-refractivity contribution in [2.75, 3.05) is 18.1 Å². The molecule has 2 N–H and O–H groups in total. The summed E-state index contributed by atoms with van der Waals surface area (Å²) in [5.74, 6) is -0.910. The van der Waals surface area contributed by atoms with E-state index in [1.54, 1.807) is 0 Å². The number of carboxylic acids is 1. The van der Waals surface area contributed by atoms with Gasteiger partial charge in [0.2, 0.25) is 0 Å². The molecule has 5 nitrogen and oxygen atoms in total. The Balaban J connectivity index is 2.53. The van der Waals surface area contributed by atoms with Gasteiger partial charge >= 0.3 is 5.97 Å². The van der Waals surface area contributed by atoms with Crippen LogP contribution in [0.15, 0.2) is 0 Å². The van der Waals surface area contributed by atoms with Crippen LogP contribution in [-0.4, -0.2) is 43.6 Å². The molecule has 1 saturated heterocycles. The van der Waals surface area contributed by atoms with Gasteiger partial charge < -0.3 is 10.4 Å². The predicted molar refractivity (Wildman–Crippen MR) is 42.7 cm³/mol. The van der Waals surface area contributed by atoms with Gasteiger partial charge in [0.25, 0.3) is 0 Å². The third kappa shape index (κ3) is 2.78. The molecule has 0 radical (unpaired) electrons. The molecular weight excluding hydrogens is 182 g/mol. The Hall–Kier alpha value is -0.620. The summed E-state index contributed by atoms with van der Waals surface area (Å²) in [7, 11) is -3.00. The minimum Gasteiger partial charge on any atom is -0.481 e. The molecule has 1 fully saturated rings. The van der Waals surface area contributed by atoms with E-state index in [2.05, 4.69) is 5.32 Å². The average molecular weight is 193 g/mol. The second kappa shape index (κ2) is 3.40. The third-order valence-corrected chi connectivity index (χ3v) is 3.46. The number of sulfone groups is 1. The van der Waals surface area contributed by atoms with Gasteiger partial charge in [-0.05, 0) is 0 Å². The molecule has 0 aromatic rings. The van der Waals surface area contributed by atoms with Crippen LogP contribution in [0.4, 0.5) is 0 Å². The number of hydrogen-bond acceptors (Lipinski definition) is 4. The Morgan fingerprint density at radius 1 is 1.58 bits per heavy atom. The monoisotopic (exact) mass is 193 g/mol. The van der Waals surface area contributed by atoms with E-state index in [0.29, 0.717) is 6.54 Å². The minimum atomic E-state index is -3.00. The number of hydrogen-bond donors (Lipinski definition) is 2. The lowest BCUT2D eigenvalue weighted by Crippen LogP contribution is -2.45. The van der Waals surface area contributed by atoms with Crippen molar-refractivity contribution in [1.29, 1.82) is 0 Å². The summed E-state index contributed by atoms with van der Waals surface area (Å²) < 4.78 is 22.0. The van der Waals surface area contributed by atoms with Crippen molar-refractivity contribution in [2.24, 2.45) is 0 Å². The summed E-state index contributed by atoms with van der Waals surface area (Å²) in [5.41, 5.74) is 0. The molecule has 12 heavy (non-hydrogen) atoms. The molecular formula is C6H11NO4S. The van der Waals surface area contributed by atoms with Crippen LogP contribution in [0.1, 0.15) is 6.42 Å². The van der Waals surface area contributed by atoms with Crippen LogP contribution in [0.2, 0.25) is 0 Å². The van der Waals surface area contributed by atoms with Crippen LogP contribution in [0.5, 0.6) is 0 Å². The van der Waals surface area contributed by atoms with Crippen molar-refractivity contribution >= 4 is 15.8 Å². The smallest absolute Gasteiger partial charge is 0.304 e. The second-order valence-electron chi connectivity index (χ2n) is 2.86. The SMILES string of the molecule is O=C(O)C[C@H]1CS(=O)(=O)CCN1. The molecule has 1 heterocycles. The first-order chi connectivity index (χ1) is 5.49. The molecule has 1 aliphatic heterocycles. The molecule has 1 rings (SSSR count). The standard InChI is InChI=1S/C6H11NO4S/c8-6(9)3-5-4-12(10,11)2-1-7-5/h5,7H,1-4H2,(H,8,9)/t5-/m0/s1. The third-order valence-electron chi connectivity index (χ3n) is 1.72. The molecule has 1 atom stereocenters. The summed E-state index contributed by atoms with van der Waals surface area (Å²) in [6, 6.07) is -0.416. The zero-order valence-electron chi connectivity index (χ0n) is 6.49. The van der Waals surface area contributed by atoms with Crippen LogP contribution < -0.4 is 5.32 Å². The molecule has 0 unspecified atom stereocenters. The largest absolute Gasteiger partial charge is 0.481 e. The lowest BCUT2D eigenvalue weighted by atomic mass is 10.2. The summed E-state index contributed by atoms with van der Waals surface area (Å²) in [5, 5.41) is 11.2. The Morgan fingerprint density at radius 2 is 2.25 bits per heavy atom. The normalized spacial score (nSPS) is 28.2. The van der Waals surface area contributed by atoms with Crippen molar-refractivity contribution in [3.8, 4) is 0 Å². The van der Waals surface area contributed by atoms with E-state index in [9.17, 15) is 13.2 Å². The molecule has 0 spiro atoms. The number of carboxylic acid groups (broad SMARTS) is 1. The van der Waals surface area contributed by atoms with Crippen LogP contribution >= 0.6 is 0 Å². The molecule has 0 aromatic carbocycles. The topological polar surface area (TPSA) is 83.5 Å². The summed E-state index contributed by atoms with van der Waals surface area (Å²) in [6.45, 7) is 0.361. The molecule has 0 aliphatic carbocycles. The van der Waals surface area contributed by atoms with Crippen molar-refractivity contribution in [1.82, 2.24) is 5.32 Å². The summed E-state index contributed by atoms with van der Waals surface area (Å²) in [4.78, 5) is 10.2. The summed E-state index contributed by atoms with van der Waals surface area (Å²) in [6.07, 6.45) is -0.126. The first-order valence-electron chi connectivity index (χ1n) is 3.65. The van der Waals surface area contributed by atoms with Crippen LogP contribution in [0, 0.1) is 0 Å². The van der Waals surface area contributed by atoms with Gasteiger partial charge in [-0.3, -0.25) is 4.79 Å². The molecule has 0 saturated carbocycles. The van der Waals surface area contributed by atoms with Crippen molar-refractivity contribution in [3.63, 3.8) is 0 Å². The van der Waals surface area contributed by atoms with E-state index in [0.717, 1.165) is 0 Å². The predicted octanol–water partition coefficient (Wildman–Crippen LogP) is -1.15. The van der Waals surface area contributed by atoms with Crippen molar-refractivity contribution in [3.05, 3.63) is 0 Å². The quantitative estimate of drug-likeness (QED) is 0.578. The van der Waals surface area contributed by atoms with E-state index in [1.165, 1.54) is 0 Å². The van der Waals surface area contributed by atoms with Gasteiger partial charge in [0, 0.05) is 12.6 Å². The lowest BCUT2D eigenvalue weighted by Gasteiger charge is -2.21. The van der Waals surface area contributed by atoms with Crippen molar-refractivity contribution in [2.45, 2.75) is 12.5 Å². The molecule has 0 amide bonds. The van der Waals surface area contributed by atoms with Crippen LogP contribution in [0.25, 0.3) is 0 Å². The Bertz CT molecular complexity index is 271. The number of carbonyl (C=O) groups is 1. The zero-order valence-corrected chi connectivity index (χ0v) is 7.30. The Labute approximate surface area is 70.7 Å². The molecule has 0 bridgehead atoms. The lowest BCUT2D eigenvalue weighted by molar-refractivity contribution is -0.137. The van der Waals surface area contributed by atoms with Gasteiger partial charge in [-0.1, -0.05) is 0 Å². The first kappa shape index (κ1) is 9.47. The van der Waals surface area contributed by atoms with Crippen LogP contribution in [0.3, 0.4) is 0 Å². The van der Waals surface area contributed by atoms with Gasteiger partial charge in [-0.15, -0.1) is 0 Å². The highest BCUT2D eigenvalue weighted by atomic mass is 32.2. The number of aliphatic carboxylic acids is 1. The summed E-state index contributed by atoms with van der Waals surface area (Å²) >= 11 is 0. The Morgan fingerprint density at radius 3 is 2.75 bits per heavy atom. The number of rotatable bonds is 2. The molecule has 70 valence electrons. The minimum absolute atomic E-state index is 0.0563. The van der Waals surface area contributed by atoms with Gasteiger partial charge in [0.15, 0.2) is 9.84 Å². The van der Waals surface area contributed by atoms with Gasteiger partial charge in [-0.2, -0.15) is 0 Å². The zero-order chi connectivity index (χ0) is 9.19. The van der Waals surface area contributed by atoms with E-state index >= 15 is 0 Å². The highest BCUT2D eigenvalue weighted by Gasteiger charge is 2.25. The fourth-order valence-electron chi connectivity index (χ4n) is 1.21. The fourth-order valence-corrected chi connectivity index (χ4v) is 2.65. The molecule has 0 aromatic heterocycles. The van der Waals surface area contributed by atoms with E-state index in [1.807, 2.05) is 0 Å². The maximum atomic E-state index is 11.0. The van der Waals surface area contributed by atoms with Gasteiger partial charge in [0.05, 0.1) is 17.9 Å². The van der Waals surface area contributed by atoms with Gasteiger partial charge in [-0.25, -0.2) is 8.42 Å². The maximum Gasteiger partial charge on any atom is 0.304 e. The number of nitrogens with one attached hydrogen (secondary N) is 1. The molecule has 6 heteroatoms. The van der Waals surface area contributed by atoms with E-state index in [4.69, 9.17) is 5.11 Å². The highest BCUT2D eigenvalue weighted by Crippen LogP contribution is 2.04. The van der Waals surface area contributed by atoms with Crippen molar-refractivity contribution < 1.29 is 18.3 Å². The highest BCUT2D eigenvalue weighted by molar-refractivity contribution is 7.91. The van der Waals surface area contributed by atoms with E-state index < -0.39 is 21.8 Å². The first-order valence-corrected chi connectivity index (χ1v) is 5.47. The average Bonchev–Trinajstić information content (AvgIpc) is 1.82. The Kier molecular flexibility index (Phi) is 2.69. The van der Waals surface area contributed by atoms with E-state index in [-0.39, 0.29) is 17.9 Å². The van der Waals surface area contributed by atoms with Crippen LogP contribution in [-0.2, 0) is 14.6 Å². The second-order valence-corrected chi connectivity index (χ2v) is 5.09. The fraction of sp³-hybridized carbons (Fsp3) is 0.833.